The lowest BCUT2D eigenvalue weighted by molar-refractivity contribution is 0.0953. The van der Waals surface area contributed by atoms with E-state index in [1.54, 1.807) is 0 Å². The molecule has 0 radical (unpaired) electrons. The van der Waals surface area contributed by atoms with Crippen LogP contribution in [0, 0.1) is 5.92 Å². The second-order valence-corrected chi connectivity index (χ2v) is 5.12. The molecule has 0 saturated heterocycles. The molecule has 2 aromatic rings. The van der Waals surface area contributed by atoms with Crippen LogP contribution >= 0.6 is 0 Å². The third-order valence-corrected chi connectivity index (χ3v) is 3.59. The Morgan fingerprint density at radius 2 is 2.22 bits per heavy atom. The van der Waals surface area contributed by atoms with Crippen molar-refractivity contribution in [3.05, 3.63) is 36.0 Å². The second-order valence-electron chi connectivity index (χ2n) is 5.12. The monoisotopic (exact) mass is 242 g/mol. The molecule has 2 N–H and O–H groups in total. The van der Waals surface area contributed by atoms with Gasteiger partial charge >= 0.3 is 0 Å². The summed E-state index contributed by atoms with van der Waals surface area (Å²) in [5.74, 6) is 0.972. The summed E-state index contributed by atoms with van der Waals surface area (Å²) in [5.41, 5.74) is 1.75. The summed E-state index contributed by atoms with van der Waals surface area (Å²) in [6, 6.07) is 7.77. The molecule has 1 aliphatic rings. The molecule has 0 aliphatic heterocycles. The van der Waals surface area contributed by atoms with Gasteiger partial charge in [-0.3, -0.25) is 4.79 Å². The van der Waals surface area contributed by atoms with Crippen LogP contribution < -0.4 is 5.32 Å². The van der Waals surface area contributed by atoms with Gasteiger partial charge in [0.2, 0.25) is 0 Å². The summed E-state index contributed by atoms with van der Waals surface area (Å²) < 4.78 is 0. The molecule has 1 heterocycles. The van der Waals surface area contributed by atoms with Crippen molar-refractivity contribution in [3.8, 4) is 0 Å². The van der Waals surface area contributed by atoms with Crippen molar-refractivity contribution in [2.45, 2.75) is 25.7 Å². The number of nitrogens with one attached hydrogen (secondary N) is 2. The molecular formula is C15H18N2O. The maximum absolute atomic E-state index is 11.9. The number of carbonyl (C=O) groups excluding carboxylic acids is 1. The molecule has 0 spiro atoms. The first-order valence-corrected chi connectivity index (χ1v) is 6.68. The summed E-state index contributed by atoms with van der Waals surface area (Å²) in [5, 5.41) is 4.13. The number of rotatable bonds is 5. The van der Waals surface area contributed by atoms with E-state index in [-0.39, 0.29) is 5.91 Å². The minimum Gasteiger partial charge on any atom is -0.361 e. The summed E-state index contributed by atoms with van der Waals surface area (Å²) in [6.07, 6.45) is 7.02. The van der Waals surface area contributed by atoms with Crippen molar-refractivity contribution in [2.75, 3.05) is 6.54 Å². The Morgan fingerprint density at radius 1 is 1.33 bits per heavy atom. The summed E-state index contributed by atoms with van der Waals surface area (Å²) in [4.78, 5) is 15.1. The third kappa shape index (κ3) is 2.55. The van der Waals surface area contributed by atoms with Crippen molar-refractivity contribution in [1.29, 1.82) is 0 Å². The highest BCUT2D eigenvalue weighted by atomic mass is 16.1. The van der Waals surface area contributed by atoms with E-state index in [1.165, 1.54) is 19.3 Å². The van der Waals surface area contributed by atoms with Gasteiger partial charge in [0.15, 0.2) is 0 Å². The van der Waals surface area contributed by atoms with Gasteiger partial charge in [-0.1, -0.05) is 18.9 Å². The lowest BCUT2D eigenvalue weighted by Crippen LogP contribution is -2.24. The molecule has 1 aliphatic carbocycles. The number of aromatic amines is 1. The van der Waals surface area contributed by atoms with E-state index >= 15 is 0 Å². The Hall–Kier alpha value is -1.77. The number of fused-ring (bicyclic) bond motifs is 1. The molecule has 1 amide bonds. The van der Waals surface area contributed by atoms with Gasteiger partial charge in [-0.25, -0.2) is 0 Å². The Bertz CT molecular complexity index is 554. The van der Waals surface area contributed by atoms with Crippen LogP contribution in [0.3, 0.4) is 0 Å². The highest BCUT2D eigenvalue weighted by molar-refractivity contribution is 5.97. The minimum atomic E-state index is 0.0299. The lowest BCUT2D eigenvalue weighted by atomic mass is 10.1. The smallest absolute Gasteiger partial charge is 0.251 e. The number of benzene rings is 1. The Balaban J connectivity index is 1.56. The van der Waals surface area contributed by atoms with Gasteiger partial charge in [0, 0.05) is 23.8 Å². The van der Waals surface area contributed by atoms with Crippen LogP contribution in [0.25, 0.3) is 10.9 Å². The Morgan fingerprint density at radius 3 is 3.06 bits per heavy atom. The van der Waals surface area contributed by atoms with Crippen LogP contribution in [0.4, 0.5) is 0 Å². The van der Waals surface area contributed by atoms with Gasteiger partial charge in [-0.15, -0.1) is 0 Å². The minimum absolute atomic E-state index is 0.0299. The summed E-state index contributed by atoms with van der Waals surface area (Å²) >= 11 is 0. The molecule has 0 unspecified atom stereocenters. The fourth-order valence-electron chi connectivity index (χ4n) is 2.29. The summed E-state index contributed by atoms with van der Waals surface area (Å²) in [7, 11) is 0. The highest BCUT2D eigenvalue weighted by Gasteiger charge is 2.20. The van der Waals surface area contributed by atoms with Crippen molar-refractivity contribution >= 4 is 16.8 Å². The first-order chi connectivity index (χ1) is 8.83. The Kier molecular flexibility index (Phi) is 3.05. The van der Waals surface area contributed by atoms with Crippen molar-refractivity contribution < 1.29 is 4.79 Å². The molecule has 94 valence electrons. The van der Waals surface area contributed by atoms with Crippen LogP contribution in [-0.4, -0.2) is 17.4 Å². The molecule has 1 aromatic carbocycles. The molecule has 1 fully saturated rings. The van der Waals surface area contributed by atoms with Gasteiger partial charge in [0.1, 0.15) is 0 Å². The maximum atomic E-state index is 11.9. The number of H-pyrrole nitrogens is 1. The fraction of sp³-hybridized carbons (Fsp3) is 0.400. The first kappa shape index (κ1) is 11.3. The molecule has 3 rings (SSSR count). The van der Waals surface area contributed by atoms with E-state index in [2.05, 4.69) is 10.3 Å². The van der Waals surface area contributed by atoms with E-state index in [0.29, 0.717) is 0 Å². The van der Waals surface area contributed by atoms with E-state index in [1.807, 2.05) is 30.5 Å². The number of amides is 1. The van der Waals surface area contributed by atoms with E-state index in [9.17, 15) is 4.79 Å². The SMILES string of the molecule is O=C(NCCCC1CC1)c1ccc2cc[nH]c2c1. The predicted octanol–water partition coefficient (Wildman–Crippen LogP) is 3.09. The number of hydrogen-bond donors (Lipinski definition) is 2. The van der Waals surface area contributed by atoms with E-state index < -0.39 is 0 Å². The van der Waals surface area contributed by atoms with Crippen LogP contribution in [0.15, 0.2) is 30.5 Å². The second kappa shape index (κ2) is 4.84. The molecule has 3 heteroatoms. The molecule has 0 bridgehead atoms. The standard InChI is InChI=1S/C15H18N2O/c18-15(17-8-1-2-11-3-4-11)13-6-5-12-7-9-16-14(12)10-13/h5-7,9-11,16H,1-4,8H2,(H,17,18). The van der Waals surface area contributed by atoms with Crippen LogP contribution in [0.5, 0.6) is 0 Å². The predicted molar refractivity (Wildman–Crippen MR) is 72.6 cm³/mol. The van der Waals surface area contributed by atoms with E-state index in [0.717, 1.165) is 35.3 Å². The van der Waals surface area contributed by atoms with Crippen molar-refractivity contribution in [1.82, 2.24) is 10.3 Å². The van der Waals surface area contributed by atoms with Gasteiger partial charge in [0.25, 0.3) is 5.91 Å². The van der Waals surface area contributed by atoms with Gasteiger partial charge < -0.3 is 10.3 Å². The Labute approximate surface area is 107 Å². The van der Waals surface area contributed by atoms with Gasteiger partial charge in [-0.2, -0.15) is 0 Å². The molecular weight excluding hydrogens is 224 g/mol. The molecule has 18 heavy (non-hydrogen) atoms. The number of aromatic nitrogens is 1. The zero-order valence-electron chi connectivity index (χ0n) is 10.4. The van der Waals surface area contributed by atoms with Crippen molar-refractivity contribution in [2.24, 2.45) is 5.92 Å². The largest absolute Gasteiger partial charge is 0.361 e. The number of carbonyl (C=O) groups is 1. The topological polar surface area (TPSA) is 44.9 Å². The van der Waals surface area contributed by atoms with Gasteiger partial charge in [-0.05, 0) is 42.3 Å². The van der Waals surface area contributed by atoms with Crippen molar-refractivity contribution in [3.63, 3.8) is 0 Å². The molecule has 3 nitrogen and oxygen atoms in total. The normalized spacial score (nSPS) is 14.9. The fourth-order valence-corrected chi connectivity index (χ4v) is 2.29. The zero-order chi connectivity index (χ0) is 12.4. The zero-order valence-corrected chi connectivity index (χ0v) is 10.4. The highest BCUT2D eigenvalue weighted by Crippen LogP contribution is 2.33. The van der Waals surface area contributed by atoms with Gasteiger partial charge in [0.05, 0.1) is 0 Å². The van der Waals surface area contributed by atoms with Crippen LogP contribution in [-0.2, 0) is 0 Å². The molecule has 1 aromatic heterocycles. The van der Waals surface area contributed by atoms with Crippen LogP contribution in [0.2, 0.25) is 0 Å². The average molecular weight is 242 g/mol. The third-order valence-electron chi connectivity index (χ3n) is 3.59. The number of hydrogen-bond acceptors (Lipinski definition) is 1. The lowest BCUT2D eigenvalue weighted by Gasteiger charge is -2.05. The summed E-state index contributed by atoms with van der Waals surface area (Å²) in [6.45, 7) is 0.790. The average Bonchev–Trinajstić information content (AvgIpc) is 3.09. The molecule has 1 saturated carbocycles. The quantitative estimate of drug-likeness (QED) is 0.777. The molecule has 0 atom stereocenters. The maximum Gasteiger partial charge on any atom is 0.251 e. The van der Waals surface area contributed by atoms with Crippen LogP contribution in [0.1, 0.15) is 36.0 Å². The first-order valence-electron chi connectivity index (χ1n) is 6.68. The van der Waals surface area contributed by atoms with E-state index in [4.69, 9.17) is 0 Å².